The van der Waals surface area contributed by atoms with E-state index in [0.717, 1.165) is 12.8 Å². The number of ether oxygens (including phenoxy) is 1. The van der Waals surface area contributed by atoms with Gasteiger partial charge in [0.25, 0.3) is 0 Å². The summed E-state index contributed by atoms with van der Waals surface area (Å²) in [5.74, 6) is 0. The summed E-state index contributed by atoms with van der Waals surface area (Å²) in [5.41, 5.74) is -0.670. The minimum Gasteiger partial charge on any atom is -0.390 e. The van der Waals surface area contributed by atoms with Crippen molar-refractivity contribution in [3.8, 4) is 0 Å². The molecule has 0 heterocycles. The molecular weight excluding hydrogens is 200 g/mol. The van der Waals surface area contributed by atoms with E-state index >= 15 is 0 Å². The van der Waals surface area contributed by atoms with Crippen molar-refractivity contribution >= 4 is 0 Å². The van der Waals surface area contributed by atoms with Crippen molar-refractivity contribution in [1.82, 2.24) is 0 Å². The standard InChI is InChI=1S/C14H30O2/c1-11(2)16-14(7,8)10-12(3,4)9-13(5,6)15/h11,15H,9-10H2,1-8H3. The van der Waals surface area contributed by atoms with E-state index < -0.39 is 5.60 Å². The second-order valence-corrected chi connectivity index (χ2v) is 7.26. The first-order valence-electron chi connectivity index (χ1n) is 6.23. The highest BCUT2D eigenvalue weighted by Crippen LogP contribution is 2.37. The molecule has 0 spiro atoms. The van der Waals surface area contributed by atoms with Gasteiger partial charge in [-0.15, -0.1) is 0 Å². The van der Waals surface area contributed by atoms with Gasteiger partial charge in [0.15, 0.2) is 0 Å². The average Bonchev–Trinajstić information content (AvgIpc) is 1.69. The Labute approximate surface area is 101 Å². The van der Waals surface area contributed by atoms with Crippen molar-refractivity contribution in [2.45, 2.75) is 85.5 Å². The van der Waals surface area contributed by atoms with Gasteiger partial charge in [0.2, 0.25) is 0 Å². The fraction of sp³-hybridized carbons (Fsp3) is 1.00. The number of rotatable bonds is 6. The topological polar surface area (TPSA) is 29.5 Å². The van der Waals surface area contributed by atoms with Crippen LogP contribution in [-0.4, -0.2) is 22.4 Å². The lowest BCUT2D eigenvalue weighted by molar-refractivity contribution is -0.0877. The van der Waals surface area contributed by atoms with Crippen LogP contribution in [0.5, 0.6) is 0 Å². The van der Waals surface area contributed by atoms with Gasteiger partial charge in [-0.1, -0.05) is 13.8 Å². The Morgan fingerprint density at radius 3 is 1.69 bits per heavy atom. The molecule has 2 heteroatoms. The molecule has 0 aliphatic rings. The first-order valence-corrected chi connectivity index (χ1v) is 6.23. The third-order valence-electron chi connectivity index (χ3n) is 2.37. The van der Waals surface area contributed by atoms with Crippen LogP contribution >= 0.6 is 0 Å². The molecule has 0 fully saturated rings. The van der Waals surface area contributed by atoms with Crippen molar-refractivity contribution in [2.24, 2.45) is 5.41 Å². The molecule has 0 aromatic rings. The molecule has 0 aromatic heterocycles. The summed E-state index contributed by atoms with van der Waals surface area (Å²) < 4.78 is 5.91. The molecule has 0 aromatic carbocycles. The minimum absolute atomic E-state index is 0.0800. The first kappa shape index (κ1) is 15.9. The second-order valence-electron chi connectivity index (χ2n) is 7.26. The van der Waals surface area contributed by atoms with Crippen molar-refractivity contribution < 1.29 is 9.84 Å². The Kier molecular flexibility index (Phi) is 5.03. The summed E-state index contributed by atoms with van der Waals surface area (Å²) in [6.07, 6.45) is 1.97. The van der Waals surface area contributed by atoms with Crippen LogP contribution in [-0.2, 0) is 4.74 Å². The molecule has 0 aliphatic carbocycles. The largest absolute Gasteiger partial charge is 0.390 e. The lowest BCUT2D eigenvalue weighted by Gasteiger charge is -2.39. The zero-order chi connectivity index (χ0) is 13.2. The van der Waals surface area contributed by atoms with Gasteiger partial charge < -0.3 is 9.84 Å². The van der Waals surface area contributed by atoms with E-state index in [-0.39, 0.29) is 17.1 Å². The Morgan fingerprint density at radius 2 is 1.38 bits per heavy atom. The molecule has 0 unspecified atom stereocenters. The maximum atomic E-state index is 9.89. The summed E-state index contributed by atoms with van der Waals surface area (Å²) in [6, 6.07) is 0. The Balaban J connectivity index is 4.45. The minimum atomic E-state index is -0.614. The van der Waals surface area contributed by atoms with Crippen LogP contribution < -0.4 is 0 Å². The van der Waals surface area contributed by atoms with E-state index in [4.69, 9.17) is 4.74 Å². The number of hydrogen-bond acceptors (Lipinski definition) is 2. The number of hydrogen-bond donors (Lipinski definition) is 1. The summed E-state index contributed by atoms with van der Waals surface area (Å²) in [4.78, 5) is 0. The van der Waals surface area contributed by atoms with Gasteiger partial charge in [0, 0.05) is 0 Å². The molecule has 0 saturated heterocycles. The summed E-state index contributed by atoms with van der Waals surface area (Å²) in [5, 5.41) is 9.89. The molecule has 2 nitrogen and oxygen atoms in total. The van der Waals surface area contributed by atoms with Crippen molar-refractivity contribution in [2.75, 3.05) is 0 Å². The van der Waals surface area contributed by atoms with Crippen LogP contribution in [0.3, 0.4) is 0 Å². The molecule has 0 bridgehead atoms. The predicted octanol–water partition coefficient (Wildman–Crippen LogP) is 3.77. The van der Waals surface area contributed by atoms with Crippen molar-refractivity contribution in [1.29, 1.82) is 0 Å². The number of aliphatic hydroxyl groups is 1. The Bertz CT molecular complexity index is 209. The van der Waals surface area contributed by atoms with Gasteiger partial charge in [-0.05, 0) is 59.8 Å². The van der Waals surface area contributed by atoms with E-state index in [0.29, 0.717) is 0 Å². The summed E-state index contributed by atoms with van der Waals surface area (Å²) in [7, 11) is 0. The zero-order valence-corrected chi connectivity index (χ0v) is 12.3. The predicted molar refractivity (Wildman–Crippen MR) is 69.6 cm³/mol. The Morgan fingerprint density at radius 1 is 0.938 bits per heavy atom. The van der Waals surface area contributed by atoms with Crippen LogP contribution in [0, 0.1) is 5.41 Å². The second kappa shape index (κ2) is 5.05. The third-order valence-corrected chi connectivity index (χ3v) is 2.37. The highest BCUT2D eigenvalue weighted by atomic mass is 16.5. The smallest absolute Gasteiger partial charge is 0.0635 e. The van der Waals surface area contributed by atoms with Gasteiger partial charge in [-0.3, -0.25) is 0 Å². The maximum Gasteiger partial charge on any atom is 0.0635 e. The van der Waals surface area contributed by atoms with Crippen molar-refractivity contribution in [3.63, 3.8) is 0 Å². The van der Waals surface area contributed by atoms with E-state index in [1.165, 1.54) is 0 Å². The summed E-state index contributed by atoms with van der Waals surface area (Å²) >= 11 is 0. The quantitative estimate of drug-likeness (QED) is 0.752. The van der Waals surface area contributed by atoms with Crippen LogP contribution in [0.2, 0.25) is 0 Å². The molecule has 98 valence electrons. The zero-order valence-electron chi connectivity index (χ0n) is 12.3. The normalized spacial score (nSPS) is 14.6. The van der Waals surface area contributed by atoms with Crippen LogP contribution in [0.4, 0.5) is 0 Å². The highest BCUT2D eigenvalue weighted by molar-refractivity contribution is 4.85. The fourth-order valence-electron chi connectivity index (χ4n) is 3.07. The van der Waals surface area contributed by atoms with E-state index in [1.807, 2.05) is 13.8 Å². The highest BCUT2D eigenvalue weighted by Gasteiger charge is 2.33. The first-order chi connectivity index (χ1) is 6.83. The maximum absolute atomic E-state index is 9.89. The van der Waals surface area contributed by atoms with Gasteiger partial charge in [0.05, 0.1) is 17.3 Å². The molecule has 0 amide bonds. The van der Waals surface area contributed by atoms with Gasteiger partial charge in [-0.25, -0.2) is 0 Å². The van der Waals surface area contributed by atoms with Crippen LogP contribution in [0.1, 0.15) is 68.2 Å². The molecule has 0 radical (unpaired) electrons. The molecule has 0 atom stereocenters. The summed E-state index contributed by atoms with van der Waals surface area (Å²) in [6.45, 7) is 16.5. The molecule has 0 saturated carbocycles. The molecule has 16 heavy (non-hydrogen) atoms. The van der Waals surface area contributed by atoms with Gasteiger partial charge in [0.1, 0.15) is 0 Å². The Hall–Kier alpha value is -0.0800. The lowest BCUT2D eigenvalue weighted by atomic mass is 9.75. The van der Waals surface area contributed by atoms with E-state index in [1.54, 1.807) is 0 Å². The van der Waals surface area contributed by atoms with E-state index in [9.17, 15) is 5.11 Å². The van der Waals surface area contributed by atoms with E-state index in [2.05, 4.69) is 41.5 Å². The monoisotopic (exact) mass is 230 g/mol. The molecule has 1 N–H and O–H groups in total. The van der Waals surface area contributed by atoms with Gasteiger partial charge in [-0.2, -0.15) is 0 Å². The van der Waals surface area contributed by atoms with Gasteiger partial charge >= 0.3 is 0 Å². The molecule has 0 rings (SSSR count). The SMILES string of the molecule is CC(C)OC(C)(C)CC(C)(C)CC(C)(C)O. The molecule has 0 aliphatic heterocycles. The van der Waals surface area contributed by atoms with Crippen LogP contribution in [0.25, 0.3) is 0 Å². The molecular formula is C14H30O2. The van der Waals surface area contributed by atoms with Crippen LogP contribution in [0.15, 0.2) is 0 Å². The fourth-order valence-corrected chi connectivity index (χ4v) is 3.07. The lowest BCUT2D eigenvalue weighted by Crippen LogP contribution is -2.37. The average molecular weight is 230 g/mol. The van der Waals surface area contributed by atoms with Crippen molar-refractivity contribution in [3.05, 3.63) is 0 Å². The third kappa shape index (κ3) is 8.12.